The van der Waals surface area contributed by atoms with Gasteiger partial charge in [0.05, 0.1) is 17.0 Å². The van der Waals surface area contributed by atoms with Crippen molar-refractivity contribution in [1.29, 1.82) is 0 Å². The highest BCUT2D eigenvalue weighted by Crippen LogP contribution is 2.35. The molecule has 1 aromatic heterocycles. The second kappa shape index (κ2) is 8.30. The van der Waals surface area contributed by atoms with E-state index in [0.29, 0.717) is 27.3 Å². The normalized spacial score (nSPS) is 15.2. The zero-order chi connectivity index (χ0) is 21.3. The van der Waals surface area contributed by atoms with Crippen LogP contribution in [-0.2, 0) is 11.3 Å². The van der Waals surface area contributed by atoms with Crippen LogP contribution in [0.1, 0.15) is 27.2 Å². The van der Waals surface area contributed by atoms with Gasteiger partial charge in [-0.15, -0.1) is 0 Å². The lowest BCUT2D eigenvalue weighted by molar-refractivity contribution is -0.122. The third kappa shape index (κ3) is 4.08. The van der Waals surface area contributed by atoms with Crippen LogP contribution in [0.2, 0.25) is 0 Å². The molecule has 0 radical (unpaired) electrons. The first kappa shape index (κ1) is 20.1. The minimum absolute atomic E-state index is 0.145. The fraction of sp³-hybridized carbons (Fsp3) is 0.0870. The van der Waals surface area contributed by atoms with Gasteiger partial charge in [-0.3, -0.25) is 9.69 Å². The molecule has 1 saturated heterocycles. The Morgan fingerprint density at radius 3 is 2.63 bits per heavy atom. The van der Waals surface area contributed by atoms with Gasteiger partial charge in [0, 0.05) is 11.6 Å². The number of aromatic carboxylic acids is 1. The largest absolute Gasteiger partial charge is 0.478 e. The quantitative estimate of drug-likeness (QED) is 0.430. The molecule has 4 rings (SSSR count). The van der Waals surface area contributed by atoms with Crippen LogP contribution in [0.15, 0.2) is 70.0 Å². The molecule has 0 aliphatic carbocycles. The summed E-state index contributed by atoms with van der Waals surface area (Å²) in [6, 6.07) is 18.2. The monoisotopic (exact) mass is 435 g/mol. The number of hydrogen-bond donors (Lipinski definition) is 1. The molecule has 1 fully saturated rings. The number of thioether (sulfide) groups is 1. The van der Waals surface area contributed by atoms with Crippen molar-refractivity contribution in [1.82, 2.24) is 4.90 Å². The molecule has 0 saturated carbocycles. The highest BCUT2D eigenvalue weighted by Gasteiger charge is 2.32. The van der Waals surface area contributed by atoms with Gasteiger partial charge in [0.25, 0.3) is 5.91 Å². The number of carbonyl (C=O) groups excluding carboxylic acids is 1. The van der Waals surface area contributed by atoms with Crippen molar-refractivity contribution in [2.24, 2.45) is 0 Å². The second-order valence-corrected chi connectivity index (χ2v) is 8.47. The lowest BCUT2D eigenvalue weighted by atomic mass is 10.0. The number of carboxylic acid groups (broad SMARTS) is 1. The van der Waals surface area contributed by atoms with Crippen LogP contribution in [0.25, 0.3) is 17.4 Å². The lowest BCUT2D eigenvalue weighted by Crippen LogP contribution is -2.27. The van der Waals surface area contributed by atoms with Crippen molar-refractivity contribution in [2.45, 2.75) is 13.5 Å². The third-order valence-electron chi connectivity index (χ3n) is 4.70. The summed E-state index contributed by atoms with van der Waals surface area (Å²) in [6.07, 6.45) is 1.69. The Hall–Kier alpha value is -3.16. The Kier molecular flexibility index (Phi) is 5.57. The maximum atomic E-state index is 12.8. The van der Waals surface area contributed by atoms with Crippen molar-refractivity contribution >= 4 is 46.3 Å². The van der Waals surface area contributed by atoms with Crippen LogP contribution in [0.5, 0.6) is 0 Å². The first-order valence-corrected chi connectivity index (χ1v) is 10.4. The fourth-order valence-electron chi connectivity index (χ4n) is 3.18. The molecular weight excluding hydrogens is 418 g/mol. The molecule has 1 amide bonds. The van der Waals surface area contributed by atoms with Crippen molar-refractivity contribution in [2.75, 3.05) is 0 Å². The predicted molar refractivity (Wildman–Crippen MR) is 121 cm³/mol. The Labute approximate surface area is 183 Å². The van der Waals surface area contributed by atoms with Crippen LogP contribution in [0.3, 0.4) is 0 Å². The van der Waals surface area contributed by atoms with Crippen LogP contribution >= 0.6 is 24.0 Å². The summed E-state index contributed by atoms with van der Waals surface area (Å²) >= 11 is 6.64. The maximum absolute atomic E-state index is 12.8. The minimum Gasteiger partial charge on any atom is -0.478 e. The first-order valence-electron chi connectivity index (χ1n) is 9.16. The van der Waals surface area contributed by atoms with Crippen molar-refractivity contribution in [3.05, 3.63) is 88.0 Å². The molecule has 0 spiro atoms. The molecule has 0 unspecified atom stereocenters. The van der Waals surface area contributed by atoms with E-state index in [9.17, 15) is 9.59 Å². The molecule has 0 atom stereocenters. The van der Waals surface area contributed by atoms with Crippen LogP contribution in [-0.4, -0.2) is 26.2 Å². The van der Waals surface area contributed by atoms with E-state index < -0.39 is 5.97 Å². The SMILES string of the molecule is Cc1cc(C(=O)O)ccc1-c1ccc(/C=C2/SC(=S)N(Cc3ccccc3)C2=O)o1. The number of benzene rings is 2. The van der Waals surface area contributed by atoms with Gasteiger partial charge in [-0.25, -0.2) is 4.79 Å². The number of carboxylic acids is 1. The molecule has 7 heteroatoms. The minimum atomic E-state index is -0.970. The van der Waals surface area contributed by atoms with E-state index in [1.807, 2.05) is 37.3 Å². The van der Waals surface area contributed by atoms with E-state index in [-0.39, 0.29) is 11.5 Å². The maximum Gasteiger partial charge on any atom is 0.335 e. The molecule has 150 valence electrons. The number of hydrogen-bond acceptors (Lipinski definition) is 5. The summed E-state index contributed by atoms with van der Waals surface area (Å²) in [4.78, 5) is 26.0. The van der Waals surface area contributed by atoms with Gasteiger partial charge in [-0.1, -0.05) is 60.4 Å². The number of aryl methyl sites for hydroxylation is 1. The number of rotatable bonds is 5. The molecule has 2 heterocycles. The van der Waals surface area contributed by atoms with Crippen LogP contribution < -0.4 is 0 Å². The highest BCUT2D eigenvalue weighted by molar-refractivity contribution is 8.26. The standard InChI is InChI=1S/C23H17NO4S2/c1-14-11-16(22(26)27)7-9-18(14)19-10-8-17(28-19)12-20-21(25)24(23(29)30-20)13-15-5-3-2-4-6-15/h2-12H,13H2,1H3,(H,26,27)/b20-12+. The smallest absolute Gasteiger partial charge is 0.335 e. The lowest BCUT2D eigenvalue weighted by Gasteiger charge is -2.14. The number of thiocarbonyl (C=S) groups is 1. The number of amides is 1. The molecule has 1 N–H and O–H groups in total. The van der Waals surface area contributed by atoms with Crippen molar-refractivity contribution < 1.29 is 19.1 Å². The Morgan fingerprint density at radius 1 is 1.17 bits per heavy atom. The molecule has 30 heavy (non-hydrogen) atoms. The summed E-state index contributed by atoms with van der Waals surface area (Å²) in [5, 5.41) is 9.12. The topological polar surface area (TPSA) is 70.8 Å². The summed E-state index contributed by atoms with van der Waals surface area (Å²) in [5.41, 5.74) is 2.84. The van der Waals surface area contributed by atoms with E-state index in [1.165, 1.54) is 11.8 Å². The van der Waals surface area contributed by atoms with Gasteiger partial charge in [0.2, 0.25) is 0 Å². The van der Waals surface area contributed by atoms with Gasteiger partial charge >= 0.3 is 5.97 Å². The van der Waals surface area contributed by atoms with Crippen LogP contribution in [0, 0.1) is 6.92 Å². The number of nitrogens with zero attached hydrogens (tertiary/aromatic N) is 1. The van der Waals surface area contributed by atoms with E-state index >= 15 is 0 Å². The zero-order valence-electron chi connectivity index (χ0n) is 16.0. The van der Waals surface area contributed by atoms with E-state index in [4.69, 9.17) is 21.7 Å². The highest BCUT2D eigenvalue weighted by atomic mass is 32.2. The number of furan rings is 1. The summed E-state index contributed by atoms with van der Waals surface area (Å²) < 4.78 is 6.41. The second-order valence-electron chi connectivity index (χ2n) is 6.79. The summed E-state index contributed by atoms with van der Waals surface area (Å²) in [6.45, 7) is 2.26. The molecule has 1 aliphatic heterocycles. The molecule has 5 nitrogen and oxygen atoms in total. The van der Waals surface area contributed by atoms with Gasteiger partial charge in [0.15, 0.2) is 0 Å². The summed E-state index contributed by atoms with van der Waals surface area (Å²) in [7, 11) is 0. The van der Waals surface area contributed by atoms with E-state index in [2.05, 4.69) is 0 Å². The predicted octanol–water partition coefficient (Wildman–Crippen LogP) is 5.35. The van der Waals surface area contributed by atoms with E-state index in [0.717, 1.165) is 16.7 Å². The Morgan fingerprint density at radius 2 is 1.93 bits per heavy atom. The van der Waals surface area contributed by atoms with Gasteiger partial charge in [-0.05, 0) is 42.3 Å². The average Bonchev–Trinajstić information content (AvgIpc) is 3.29. The van der Waals surface area contributed by atoms with Crippen molar-refractivity contribution in [3.63, 3.8) is 0 Å². The fourth-order valence-corrected chi connectivity index (χ4v) is 4.41. The molecule has 0 bridgehead atoms. The molecule has 1 aliphatic rings. The molecule has 3 aromatic rings. The number of carbonyl (C=O) groups is 2. The molecule has 2 aromatic carbocycles. The van der Waals surface area contributed by atoms with Gasteiger partial charge in [-0.2, -0.15) is 0 Å². The zero-order valence-corrected chi connectivity index (χ0v) is 17.6. The first-order chi connectivity index (χ1) is 14.4. The summed E-state index contributed by atoms with van der Waals surface area (Å²) in [5.74, 6) is 0.0264. The van der Waals surface area contributed by atoms with Gasteiger partial charge in [0.1, 0.15) is 15.8 Å². The van der Waals surface area contributed by atoms with Crippen LogP contribution in [0.4, 0.5) is 0 Å². The molecular formula is C23H17NO4S2. The average molecular weight is 436 g/mol. The Balaban J connectivity index is 1.55. The Bertz CT molecular complexity index is 1180. The van der Waals surface area contributed by atoms with Gasteiger partial charge < -0.3 is 9.52 Å². The third-order valence-corrected chi connectivity index (χ3v) is 6.07. The van der Waals surface area contributed by atoms with E-state index in [1.54, 1.807) is 41.3 Å². The van der Waals surface area contributed by atoms with Crippen molar-refractivity contribution in [3.8, 4) is 11.3 Å².